The van der Waals surface area contributed by atoms with Gasteiger partial charge in [0, 0.05) is 10.4 Å². The second kappa shape index (κ2) is 6.23. The molecular weight excluding hydrogens is 372 g/mol. The molecule has 0 bridgehead atoms. The highest BCUT2D eigenvalue weighted by atomic mass is 32.1. The number of rotatable bonds is 3. The first-order chi connectivity index (χ1) is 12.5. The fourth-order valence-corrected chi connectivity index (χ4v) is 5.24. The van der Waals surface area contributed by atoms with Gasteiger partial charge in [-0.05, 0) is 42.2 Å². The van der Waals surface area contributed by atoms with E-state index < -0.39 is 17.5 Å². The summed E-state index contributed by atoms with van der Waals surface area (Å²) >= 11 is 2.80. The average molecular weight is 386 g/mol. The van der Waals surface area contributed by atoms with Crippen LogP contribution in [-0.4, -0.2) is 29.3 Å². The van der Waals surface area contributed by atoms with Crippen LogP contribution in [0.1, 0.15) is 28.8 Å². The number of nitrogens with zero attached hydrogens (tertiary/aromatic N) is 2. The lowest BCUT2D eigenvalue weighted by atomic mass is 9.80. The molecule has 0 saturated carbocycles. The molecule has 7 nitrogen and oxygen atoms in total. The average Bonchev–Trinajstić information content (AvgIpc) is 3.32. The summed E-state index contributed by atoms with van der Waals surface area (Å²) in [5.41, 5.74) is 0.151. The van der Waals surface area contributed by atoms with Gasteiger partial charge >= 0.3 is 6.03 Å². The highest BCUT2D eigenvalue weighted by molar-refractivity contribution is 7.14. The van der Waals surface area contributed by atoms with E-state index in [1.165, 1.54) is 11.3 Å². The van der Waals surface area contributed by atoms with E-state index in [2.05, 4.69) is 10.6 Å². The van der Waals surface area contributed by atoms with Gasteiger partial charge in [-0.25, -0.2) is 4.79 Å². The van der Waals surface area contributed by atoms with E-state index in [0.717, 1.165) is 28.2 Å². The SMILES string of the molecule is N#Cc1ccsc1NC(=O)CN1C(=O)N[C@@]2(CCCc3sccc32)C1=O. The lowest BCUT2D eigenvalue weighted by Crippen LogP contribution is -2.46. The summed E-state index contributed by atoms with van der Waals surface area (Å²) in [4.78, 5) is 39.8. The van der Waals surface area contributed by atoms with Gasteiger partial charge in [-0.2, -0.15) is 5.26 Å². The summed E-state index contributed by atoms with van der Waals surface area (Å²) in [6.07, 6.45) is 2.23. The van der Waals surface area contributed by atoms with E-state index in [0.29, 0.717) is 17.0 Å². The van der Waals surface area contributed by atoms with E-state index in [1.54, 1.807) is 22.8 Å². The number of urea groups is 1. The Morgan fingerprint density at radius 3 is 2.96 bits per heavy atom. The molecule has 2 aromatic heterocycles. The van der Waals surface area contributed by atoms with Crippen molar-refractivity contribution in [2.45, 2.75) is 24.8 Å². The molecule has 4 amide bonds. The van der Waals surface area contributed by atoms with Crippen molar-refractivity contribution in [3.05, 3.63) is 38.9 Å². The van der Waals surface area contributed by atoms with Crippen molar-refractivity contribution in [2.75, 3.05) is 11.9 Å². The molecule has 1 aliphatic heterocycles. The Balaban J connectivity index is 1.54. The Morgan fingerprint density at radius 2 is 2.15 bits per heavy atom. The maximum atomic E-state index is 13.0. The van der Waals surface area contributed by atoms with Crippen LogP contribution in [-0.2, 0) is 21.5 Å². The summed E-state index contributed by atoms with van der Waals surface area (Å²) in [7, 11) is 0. The van der Waals surface area contributed by atoms with E-state index >= 15 is 0 Å². The maximum Gasteiger partial charge on any atom is 0.325 e. The minimum atomic E-state index is -1.05. The molecule has 1 atom stereocenters. The molecule has 3 heterocycles. The zero-order chi connectivity index (χ0) is 18.3. The highest BCUT2D eigenvalue weighted by Gasteiger charge is 2.54. The molecule has 1 fully saturated rings. The predicted molar refractivity (Wildman–Crippen MR) is 96.8 cm³/mol. The summed E-state index contributed by atoms with van der Waals surface area (Å²) in [5, 5.41) is 18.4. The van der Waals surface area contributed by atoms with Gasteiger partial charge < -0.3 is 10.6 Å². The van der Waals surface area contributed by atoms with Gasteiger partial charge in [-0.3, -0.25) is 14.5 Å². The fourth-order valence-electron chi connectivity index (χ4n) is 3.49. The van der Waals surface area contributed by atoms with E-state index in [9.17, 15) is 14.4 Å². The van der Waals surface area contributed by atoms with Gasteiger partial charge in [0.25, 0.3) is 5.91 Å². The second-order valence-electron chi connectivity index (χ2n) is 6.16. The number of nitriles is 1. The molecule has 2 N–H and O–H groups in total. The Labute approximate surface area is 157 Å². The lowest BCUT2D eigenvalue weighted by molar-refractivity contribution is -0.134. The molecule has 26 heavy (non-hydrogen) atoms. The van der Waals surface area contributed by atoms with Gasteiger partial charge in [0.05, 0.1) is 5.56 Å². The topological polar surface area (TPSA) is 102 Å². The normalized spacial score (nSPS) is 21.4. The summed E-state index contributed by atoms with van der Waals surface area (Å²) < 4.78 is 0. The van der Waals surface area contributed by atoms with Gasteiger partial charge in [0.1, 0.15) is 23.2 Å². The van der Waals surface area contributed by atoms with Crippen molar-refractivity contribution in [2.24, 2.45) is 0 Å². The number of thiophene rings is 2. The van der Waals surface area contributed by atoms with Crippen LogP contribution in [0.3, 0.4) is 0 Å². The van der Waals surface area contributed by atoms with E-state index in [1.807, 2.05) is 17.5 Å². The minimum absolute atomic E-state index is 0.354. The van der Waals surface area contributed by atoms with Crippen LogP contribution in [0.2, 0.25) is 0 Å². The number of hydrogen-bond donors (Lipinski definition) is 2. The van der Waals surface area contributed by atoms with Crippen LogP contribution in [0.5, 0.6) is 0 Å². The molecule has 4 rings (SSSR count). The number of fused-ring (bicyclic) bond motifs is 2. The third-order valence-electron chi connectivity index (χ3n) is 4.68. The van der Waals surface area contributed by atoms with Crippen molar-refractivity contribution >= 4 is 45.5 Å². The molecule has 2 aliphatic rings. The lowest BCUT2D eigenvalue weighted by Gasteiger charge is -2.31. The molecule has 0 unspecified atom stereocenters. The first-order valence-electron chi connectivity index (χ1n) is 8.03. The minimum Gasteiger partial charge on any atom is -0.319 e. The van der Waals surface area contributed by atoms with Gasteiger partial charge in [-0.15, -0.1) is 22.7 Å². The summed E-state index contributed by atoms with van der Waals surface area (Å²) in [5.74, 6) is -0.894. The number of nitrogens with one attached hydrogen (secondary N) is 2. The van der Waals surface area contributed by atoms with Crippen LogP contribution >= 0.6 is 22.7 Å². The molecule has 1 spiro atoms. The second-order valence-corrected chi connectivity index (χ2v) is 8.08. The zero-order valence-corrected chi connectivity index (χ0v) is 15.2. The number of amides is 4. The van der Waals surface area contributed by atoms with Crippen LogP contribution < -0.4 is 10.6 Å². The first kappa shape index (κ1) is 16.8. The molecule has 2 aromatic rings. The Kier molecular flexibility index (Phi) is 4.01. The first-order valence-corrected chi connectivity index (χ1v) is 9.79. The monoisotopic (exact) mass is 386 g/mol. The van der Waals surface area contributed by atoms with Crippen molar-refractivity contribution < 1.29 is 14.4 Å². The standard InChI is InChI=1S/C17H14N4O3S2/c18-8-10-3-6-26-14(10)19-13(22)9-21-15(23)17(20-16(21)24)5-1-2-12-11(17)4-7-25-12/h3-4,6-7H,1-2,5,9H2,(H,19,22)(H,20,24)/t17-/m1/s1. The smallest absolute Gasteiger partial charge is 0.319 e. The molecular formula is C17H14N4O3S2. The largest absolute Gasteiger partial charge is 0.325 e. The van der Waals surface area contributed by atoms with Gasteiger partial charge in [0.2, 0.25) is 5.91 Å². The molecule has 1 saturated heterocycles. The zero-order valence-electron chi connectivity index (χ0n) is 13.6. The molecule has 1 aliphatic carbocycles. The maximum absolute atomic E-state index is 13.0. The Morgan fingerprint density at radius 1 is 1.35 bits per heavy atom. The molecule has 0 radical (unpaired) electrons. The van der Waals surface area contributed by atoms with Crippen molar-refractivity contribution in [1.29, 1.82) is 5.26 Å². The summed E-state index contributed by atoms with van der Waals surface area (Å²) in [6.45, 7) is -0.380. The number of imide groups is 1. The third kappa shape index (κ3) is 2.50. The summed E-state index contributed by atoms with van der Waals surface area (Å²) in [6, 6.07) is 4.91. The number of hydrogen-bond acceptors (Lipinski definition) is 6. The van der Waals surface area contributed by atoms with E-state index in [-0.39, 0.29) is 12.5 Å². The molecule has 0 aromatic carbocycles. The quantitative estimate of drug-likeness (QED) is 0.791. The van der Waals surface area contributed by atoms with Crippen molar-refractivity contribution in [1.82, 2.24) is 10.2 Å². The number of carbonyl (C=O) groups excluding carboxylic acids is 3. The fraction of sp³-hybridized carbons (Fsp3) is 0.294. The molecule has 9 heteroatoms. The highest BCUT2D eigenvalue weighted by Crippen LogP contribution is 2.42. The third-order valence-corrected chi connectivity index (χ3v) is 6.49. The van der Waals surface area contributed by atoms with Crippen LogP contribution in [0.25, 0.3) is 0 Å². The van der Waals surface area contributed by atoms with Crippen LogP contribution in [0.4, 0.5) is 9.80 Å². The number of anilines is 1. The number of aryl methyl sites for hydroxylation is 1. The van der Waals surface area contributed by atoms with Crippen molar-refractivity contribution in [3.63, 3.8) is 0 Å². The van der Waals surface area contributed by atoms with Crippen LogP contribution in [0, 0.1) is 11.3 Å². The molecule has 132 valence electrons. The van der Waals surface area contributed by atoms with Crippen LogP contribution in [0.15, 0.2) is 22.9 Å². The predicted octanol–water partition coefficient (Wildman–Crippen LogP) is 2.40. The van der Waals surface area contributed by atoms with Gasteiger partial charge in [-0.1, -0.05) is 0 Å². The Bertz CT molecular complexity index is 957. The van der Waals surface area contributed by atoms with E-state index in [4.69, 9.17) is 5.26 Å². The van der Waals surface area contributed by atoms with Gasteiger partial charge in [0.15, 0.2) is 0 Å². The Hall–Kier alpha value is -2.70. The van der Waals surface area contributed by atoms with Crippen molar-refractivity contribution in [3.8, 4) is 6.07 Å². The number of carbonyl (C=O) groups is 3.